The van der Waals surface area contributed by atoms with Crippen molar-refractivity contribution >= 4 is 23.0 Å². The Morgan fingerprint density at radius 1 is 1.35 bits per heavy atom. The van der Waals surface area contributed by atoms with Crippen molar-refractivity contribution in [2.45, 2.75) is 0 Å². The molecule has 2 rings (SSSR count). The highest BCUT2D eigenvalue weighted by atomic mass is 19.1. The van der Waals surface area contributed by atoms with E-state index in [0.29, 0.717) is 11.3 Å². The normalized spacial score (nSPS) is 9.80. The molecule has 0 atom stereocenters. The molecule has 0 aliphatic rings. The minimum absolute atomic E-state index is 0.0216. The number of hydrogen-bond acceptors (Lipinski definition) is 4. The first kappa shape index (κ1) is 13.4. The van der Waals surface area contributed by atoms with Crippen LogP contribution in [-0.2, 0) is 0 Å². The van der Waals surface area contributed by atoms with Crippen molar-refractivity contribution in [3.8, 4) is 6.07 Å². The van der Waals surface area contributed by atoms with Gasteiger partial charge in [-0.15, -0.1) is 0 Å². The Kier molecular flexibility index (Phi) is 3.53. The zero-order valence-electron chi connectivity index (χ0n) is 10.2. The number of nitriles is 1. The topological polar surface area (TPSA) is 99.1 Å². The first-order valence-electron chi connectivity index (χ1n) is 5.61. The van der Waals surface area contributed by atoms with Gasteiger partial charge in [0.05, 0.1) is 22.9 Å². The highest BCUT2D eigenvalue weighted by molar-refractivity contribution is 5.95. The number of carboxylic acid groups (broad SMARTS) is 1. The molecule has 0 aliphatic carbocycles. The van der Waals surface area contributed by atoms with Crippen molar-refractivity contribution in [3.63, 3.8) is 0 Å². The van der Waals surface area contributed by atoms with E-state index in [9.17, 15) is 9.18 Å². The van der Waals surface area contributed by atoms with Crippen LogP contribution in [0.4, 0.5) is 21.5 Å². The van der Waals surface area contributed by atoms with Crippen LogP contribution in [0, 0.1) is 17.1 Å². The molecule has 0 saturated heterocycles. The summed E-state index contributed by atoms with van der Waals surface area (Å²) in [6, 6.07) is 10.4. The second-order valence-electron chi connectivity index (χ2n) is 4.04. The van der Waals surface area contributed by atoms with E-state index < -0.39 is 11.8 Å². The summed E-state index contributed by atoms with van der Waals surface area (Å²) in [4.78, 5) is 11.0. The number of rotatable bonds is 3. The van der Waals surface area contributed by atoms with E-state index in [2.05, 4.69) is 5.32 Å². The number of benzene rings is 2. The Bertz CT molecular complexity index is 723. The number of nitrogen functional groups attached to an aromatic ring is 1. The summed E-state index contributed by atoms with van der Waals surface area (Å²) in [7, 11) is 0. The lowest BCUT2D eigenvalue weighted by molar-refractivity contribution is 0.0698. The van der Waals surface area contributed by atoms with Crippen LogP contribution in [0.1, 0.15) is 15.9 Å². The molecule has 0 unspecified atom stereocenters. The van der Waals surface area contributed by atoms with Crippen molar-refractivity contribution in [3.05, 3.63) is 53.3 Å². The average molecular weight is 271 g/mol. The van der Waals surface area contributed by atoms with Crippen molar-refractivity contribution < 1.29 is 14.3 Å². The van der Waals surface area contributed by atoms with Crippen molar-refractivity contribution in [2.75, 3.05) is 11.1 Å². The Balaban J connectivity index is 2.40. The molecule has 2 aromatic carbocycles. The minimum Gasteiger partial charge on any atom is -0.478 e. The van der Waals surface area contributed by atoms with E-state index in [1.54, 1.807) is 18.2 Å². The van der Waals surface area contributed by atoms with Gasteiger partial charge >= 0.3 is 5.97 Å². The summed E-state index contributed by atoms with van der Waals surface area (Å²) in [6.07, 6.45) is 0. The number of hydrogen-bond donors (Lipinski definition) is 3. The standard InChI is InChI=1S/C14H10FN3O2/c15-11-6-12(17)10(14(19)20)5-13(11)18-9-3-1-2-8(4-9)7-16/h1-6,18H,17H2,(H,19,20). The molecule has 0 aliphatic heterocycles. The van der Waals surface area contributed by atoms with Crippen LogP contribution in [0.5, 0.6) is 0 Å². The molecule has 4 N–H and O–H groups in total. The molecule has 0 bridgehead atoms. The number of aromatic carboxylic acids is 1. The zero-order valence-corrected chi connectivity index (χ0v) is 10.2. The zero-order chi connectivity index (χ0) is 14.7. The molecule has 0 fully saturated rings. The molecular weight excluding hydrogens is 261 g/mol. The van der Waals surface area contributed by atoms with Crippen molar-refractivity contribution in [1.29, 1.82) is 5.26 Å². The monoisotopic (exact) mass is 271 g/mol. The van der Waals surface area contributed by atoms with E-state index in [1.807, 2.05) is 6.07 Å². The van der Waals surface area contributed by atoms with Crippen LogP contribution >= 0.6 is 0 Å². The molecule has 100 valence electrons. The minimum atomic E-state index is -1.24. The maximum absolute atomic E-state index is 13.8. The molecule has 0 radical (unpaired) electrons. The Labute approximate surface area is 114 Å². The molecule has 0 aromatic heterocycles. The largest absolute Gasteiger partial charge is 0.478 e. The lowest BCUT2D eigenvalue weighted by atomic mass is 10.1. The number of nitrogens with zero attached hydrogens (tertiary/aromatic N) is 1. The van der Waals surface area contributed by atoms with Crippen molar-refractivity contribution in [1.82, 2.24) is 0 Å². The van der Waals surface area contributed by atoms with E-state index in [0.717, 1.165) is 12.1 Å². The second-order valence-corrected chi connectivity index (χ2v) is 4.04. The molecule has 0 amide bonds. The Morgan fingerprint density at radius 3 is 2.75 bits per heavy atom. The van der Waals surface area contributed by atoms with E-state index >= 15 is 0 Å². The van der Waals surface area contributed by atoms with Gasteiger partial charge in [0.25, 0.3) is 0 Å². The van der Waals surface area contributed by atoms with Crippen LogP contribution in [0.15, 0.2) is 36.4 Å². The quantitative estimate of drug-likeness (QED) is 0.745. The summed E-state index contributed by atoms with van der Waals surface area (Å²) in [6.45, 7) is 0. The third kappa shape index (κ3) is 2.67. The highest BCUT2D eigenvalue weighted by Crippen LogP contribution is 2.25. The maximum atomic E-state index is 13.8. The van der Waals surface area contributed by atoms with Crippen LogP contribution < -0.4 is 11.1 Å². The van der Waals surface area contributed by atoms with Gasteiger partial charge < -0.3 is 16.2 Å². The summed E-state index contributed by atoms with van der Waals surface area (Å²) >= 11 is 0. The van der Waals surface area contributed by atoms with E-state index in [1.165, 1.54) is 6.07 Å². The van der Waals surface area contributed by atoms with Gasteiger partial charge in [-0.05, 0) is 30.3 Å². The van der Waals surface area contributed by atoms with Crippen LogP contribution in [-0.4, -0.2) is 11.1 Å². The second kappa shape index (κ2) is 5.28. The third-order valence-corrected chi connectivity index (χ3v) is 2.64. The molecule has 2 aromatic rings. The Hall–Kier alpha value is -3.07. The Morgan fingerprint density at radius 2 is 2.10 bits per heavy atom. The third-order valence-electron chi connectivity index (χ3n) is 2.64. The van der Waals surface area contributed by atoms with Gasteiger partial charge in [-0.2, -0.15) is 5.26 Å². The molecule has 20 heavy (non-hydrogen) atoms. The van der Waals surface area contributed by atoms with Gasteiger partial charge in [0.15, 0.2) is 0 Å². The maximum Gasteiger partial charge on any atom is 0.337 e. The predicted molar refractivity (Wildman–Crippen MR) is 72.2 cm³/mol. The first-order chi connectivity index (χ1) is 9.51. The lowest BCUT2D eigenvalue weighted by Crippen LogP contribution is -2.05. The molecule has 6 heteroatoms. The predicted octanol–water partition coefficient (Wildman–Crippen LogP) is 2.72. The summed E-state index contributed by atoms with van der Waals surface area (Å²) < 4.78 is 13.8. The van der Waals surface area contributed by atoms with Gasteiger partial charge in [-0.1, -0.05) is 6.07 Å². The van der Waals surface area contributed by atoms with E-state index in [4.69, 9.17) is 16.1 Å². The fraction of sp³-hybridized carbons (Fsp3) is 0. The van der Waals surface area contributed by atoms with Gasteiger partial charge in [0.1, 0.15) is 5.82 Å². The number of nitrogens with two attached hydrogens (primary N) is 1. The van der Waals surface area contributed by atoms with Crippen molar-refractivity contribution in [2.24, 2.45) is 0 Å². The van der Waals surface area contributed by atoms with E-state index in [-0.39, 0.29) is 16.9 Å². The molecule has 0 spiro atoms. The van der Waals surface area contributed by atoms with Gasteiger partial charge in [-0.3, -0.25) is 0 Å². The summed E-state index contributed by atoms with van der Waals surface area (Å²) in [5, 5.41) is 20.5. The number of nitrogens with one attached hydrogen (secondary N) is 1. The summed E-state index contributed by atoms with van der Waals surface area (Å²) in [5.41, 5.74) is 5.96. The average Bonchev–Trinajstić information content (AvgIpc) is 2.41. The van der Waals surface area contributed by atoms with Crippen LogP contribution in [0.25, 0.3) is 0 Å². The first-order valence-corrected chi connectivity index (χ1v) is 5.61. The highest BCUT2D eigenvalue weighted by Gasteiger charge is 2.13. The number of anilines is 3. The number of carbonyl (C=O) groups is 1. The van der Waals surface area contributed by atoms with Gasteiger partial charge in [0, 0.05) is 11.4 Å². The fourth-order valence-electron chi connectivity index (χ4n) is 1.69. The molecular formula is C14H10FN3O2. The lowest BCUT2D eigenvalue weighted by Gasteiger charge is -2.10. The molecule has 0 saturated carbocycles. The molecule has 0 heterocycles. The number of halogens is 1. The summed E-state index contributed by atoms with van der Waals surface area (Å²) in [5.74, 6) is -1.91. The molecule has 5 nitrogen and oxygen atoms in total. The van der Waals surface area contributed by atoms with Gasteiger partial charge in [-0.25, -0.2) is 9.18 Å². The van der Waals surface area contributed by atoms with Crippen LogP contribution in [0.3, 0.4) is 0 Å². The fourth-order valence-corrected chi connectivity index (χ4v) is 1.69. The smallest absolute Gasteiger partial charge is 0.337 e. The van der Waals surface area contributed by atoms with Gasteiger partial charge in [0.2, 0.25) is 0 Å². The number of carboxylic acids is 1. The van der Waals surface area contributed by atoms with Crippen LogP contribution in [0.2, 0.25) is 0 Å². The SMILES string of the molecule is N#Cc1cccc(Nc2cc(C(=O)O)c(N)cc2F)c1.